The van der Waals surface area contributed by atoms with Gasteiger partial charge in [-0.15, -0.1) is 0 Å². The molecule has 0 atom stereocenters. The van der Waals surface area contributed by atoms with Crippen LogP contribution in [-0.4, -0.2) is 20.6 Å². The first-order valence-corrected chi connectivity index (χ1v) is 5.53. The van der Waals surface area contributed by atoms with Crippen molar-refractivity contribution in [2.45, 2.75) is 13.5 Å². The molecule has 1 heterocycles. The van der Waals surface area contributed by atoms with Crippen LogP contribution in [0.3, 0.4) is 0 Å². The molecule has 2 rings (SSSR count). The van der Waals surface area contributed by atoms with Gasteiger partial charge in [0.2, 0.25) is 5.82 Å². The molecule has 0 fully saturated rings. The quantitative estimate of drug-likeness (QED) is 0.908. The molecule has 0 spiro atoms. The molecule has 0 aliphatic carbocycles. The van der Waals surface area contributed by atoms with E-state index in [-0.39, 0.29) is 5.69 Å². The Labute approximate surface area is 108 Å². The molecule has 1 aromatic heterocycles. The average Bonchev–Trinajstić information content (AvgIpc) is 2.35. The summed E-state index contributed by atoms with van der Waals surface area (Å²) >= 11 is 0. The number of nitrogens with zero attached hydrogens (tertiary/aromatic N) is 2. The third kappa shape index (κ3) is 2.67. The molecule has 19 heavy (non-hydrogen) atoms. The van der Waals surface area contributed by atoms with Gasteiger partial charge in [-0.25, -0.2) is 4.98 Å². The number of aliphatic carboxylic acids is 1. The summed E-state index contributed by atoms with van der Waals surface area (Å²) in [5.41, 5.74) is 0.328. The van der Waals surface area contributed by atoms with Crippen molar-refractivity contribution in [3.8, 4) is 11.3 Å². The Morgan fingerprint density at radius 2 is 2.21 bits per heavy atom. The predicted molar refractivity (Wildman–Crippen MR) is 66.3 cm³/mol. The minimum atomic E-state index is -1.23. The van der Waals surface area contributed by atoms with Crippen LogP contribution in [0.25, 0.3) is 11.3 Å². The minimum absolute atomic E-state index is 0.0738. The van der Waals surface area contributed by atoms with Gasteiger partial charge in [-0.2, -0.15) is 4.39 Å². The van der Waals surface area contributed by atoms with E-state index in [0.29, 0.717) is 5.56 Å². The molecule has 5 nitrogen and oxygen atoms in total. The number of carbonyl (C=O) groups is 1. The van der Waals surface area contributed by atoms with Crippen LogP contribution in [0.1, 0.15) is 5.56 Å². The van der Waals surface area contributed by atoms with Gasteiger partial charge in [0, 0.05) is 5.56 Å². The molecule has 1 N–H and O–H groups in total. The van der Waals surface area contributed by atoms with Gasteiger partial charge in [-0.3, -0.25) is 14.2 Å². The Morgan fingerprint density at radius 1 is 1.47 bits per heavy atom. The van der Waals surface area contributed by atoms with Gasteiger partial charge < -0.3 is 5.11 Å². The normalized spacial score (nSPS) is 10.4. The first-order chi connectivity index (χ1) is 8.99. The number of halogens is 1. The van der Waals surface area contributed by atoms with E-state index in [9.17, 15) is 14.0 Å². The third-order valence-electron chi connectivity index (χ3n) is 2.58. The molecule has 2 aromatic rings. The number of aryl methyl sites for hydroxylation is 1. The van der Waals surface area contributed by atoms with Gasteiger partial charge in [-0.05, 0) is 13.0 Å². The third-order valence-corrected chi connectivity index (χ3v) is 2.58. The van der Waals surface area contributed by atoms with Crippen LogP contribution in [0, 0.1) is 12.7 Å². The maximum atomic E-state index is 13.9. The monoisotopic (exact) mass is 262 g/mol. The zero-order valence-electron chi connectivity index (χ0n) is 10.1. The van der Waals surface area contributed by atoms with E-state index < -0.39 is 23.9 Å². The van der Waals surface area contributed by atoms with Crippen LogP contribution in [0.15, 0.2) is 35.4 Å². The molecular formula is C13H11FN2O3. The average molecular weight is 262 g/mol. The van der Waals surface area contributed by atoms with Gasteiger partial charge in [0.25, 0.3) is 5.56 Å². The molecule has 1 aromatic carbocycles. The van der Waals surface area contributed by atoms with Crippen molar-refractivity contribution >= 4 is 5.97 Å². The van der Waals surface area contributed by atoms with Crippen LogP contribution >= 0.6 is 0 Å². The maximum Gasteiger partial charge on any atom is 0.323 e. The van der Waals surface area contributed by atoms with Gasteiger partial charge in [0.15, 0.2) is 0 Å². The SMILES string of the molecule is Cc1cccc(-c2ncn(CC(=O)O)c(=O)c2F)c1. The lowest BCUT2D eigenvalue weighted by Crippen LogP contribution is -2.27. The van der Waals surface area contributed by atoms with Crippen molar-refractivity contribution in [3.63, 3.8) is 0 Å². The molecule has 98 valence electrons. The highest BCUT2D eigenvalue weighted by Gasteiger charge is 2.14. The van der Waals surface area contributed by atoms with Gasteiger partial charge >= 0.3 is 5.97 Å². The largest absolute Gasteiger partial charge is 0.480 e. The van der Waals surface area contributed by atoms with E-state index in [1.165, 1.54) is 0 Å². The summed E-state index contributed by atoms with van der Waals surface area (Å²) < 4.78 is 14.7. The van der Waals surface area contributed by atoms with Crippen molar-refractivity contribution in [1.29, 1.82) is 0 Å². The van der Waals surface area contributed by atoms with Crippen molar-refractivity contribution in [3.05, 3.63) is 52.3 Å². The molecule has 0 radical (unpaired) electrons. The van der Waals surface area contributed by atoms with Gasteiger partial charge in [-0.1, -0.05) is 23.8 Å². The minimum Gasteiger partial charge on any atom is -0.480 e. The lowest BCUT2D eigenvalue weighted by Gasteiger charge is -2.06. The molecule has 0 saturated carbocycles. The Hall–Kier alpha value is -2.50. The van der Waals surface area contributed by atoms with Gasteiger partial charge in [0.1, 0.15) is 12.2 Å². The number of hydrogen-bond acceptors (Lipinski definition) is 3. The van der Waals surface area contributed by atoms with Crippen LogP contribution in [-0.2, 0) is 11.3 Å². The van der Waals surface area contributed by atoms with Crippen molar-refractivity contribution in [2.75, 3.05) is 0 Å². The first-order valence-electron chi connectivity index (χ1n) is 5.53. The second kappa shape index (κ2) is 5.01. The van der Waals surface area contributed by atoms with Crippen LogP contribution in [0.5, 0.6) is 0 Å². The highest BCUT2D eigenvalue weighted by molar-refractivity contribution is 5.66. The van der Waals surface area contributed by atoms with E-state index in [4.69, 9.17) is 5.11 Å². The first kappa shape index (κ1) is 12.9. The molecule has 0 bridgehead atoms. The molecule has 0 aliphatic heterocycles. The topological polar surface area (TPSA) is 72.2 Å². The Bertz CT molecular complexity index is 695. The molecule has 0 amide bonds. The number of benzene rings is 1. The zero-order chi connectivity index (χ0) is 14.0. The Morgan fingerprint density at radius 3 is 2.84 bits per heavy atom. The summed E-state index contributed by atoms with van der Waals surface area (Å²) in [6, 6.07) is 6.91. The predicted octanol–water partition coefficient (Wildman–Crippen LogP) is 1.44. The van der Waals surface area contributed by atoms with Crippen LogP contribution < -0.4 is 5.56 Å². The number of carboxylic acid groups (broad SMARTS) is 1. The molecule has 0 saturated heterocycles. The fourth-order valence-electron chi connectivity index (χ4n) is 1.72. The van der Waals surface area contributed by atoms with Crippen LogP contribution in [0.4, 0.5) is 4.39 Å². The van der Waals surface area contributed by atoms with E-state index in [1.807, 2.05) is 13.0 Å². The highest BCUT2D eigenvalue weighted by Crippen LogP contribution is 2.18. The number of carboxylic acids is 1. The summed E-state index contributed by atoms with van der Waals surface area (Å²) in [5, 5.41) is 8.60. The van der Waals surface area contributed by atoms with E-state index in [0.717, 1.165) is 16.5 Å². The lowest BCUT2D eigenvalue weighted by atomic mass is 10.1. The fraction of sp³-hybridized carbons (Fsp3) is 0.154. The summed E-state index contributed by atoms with van der Waals surface area (Å²) in [4.78, 5) is 26.0. The van der Waals surface area contributed by atoms with Crippen LogP contribution in [0.2, 0.25) is 0 Å². The molecular weight excluding hydrogens is 251 g/mol. The highest BCUT2D eigenvalue weighted by atomic mass is 19.1. The van der Waals surface area contributed by atoms with E-state index in [1.54, 1.807) is 18.2 Å². The maximum absolute atomic E-state index is 13.9. The molecule has 0 aliphatic rings. The zero-order valence-corrected chi connectivity index (χ0v) is 10.1. The summed E-state index contributed by atoms with van der Waals surface area (Å²) in [7, 11) is 0. The second-order valence-corrected chi connectivity index (χ2v) is 4.10. The smallest absolute Gasteiger partial charge is 0.323 e. The lowest BCUT2D eigenvalue weighted by molar-refractivity contribution is -0.137. The molecule has 6 heteroatoms. The Balaban J connectivity index is 2.53. The fourth-order valence-corrected chi connectivity index (χ4v) is 1.72. The number of hydrogen-bond donors (Lipinski definition) is 1. The van der Waals surface area contributed by atoms with Gasteiger partial charge in [0.05, 0.1) is 6.33 Å². The summed E-state index contributed by atoms with van der Waals surface area (Å²) in [6.45, 7) is 1.23. The summed E-state index contributed by atoms with van der Waals surface area (Å²) in [6.07, 6.45) is 1.04. The standard InChI is InChI=1S/C13H11FN2O3/c1-8-3-2-4-9(5-8)12-11(14)13(19)16(7-15-12)6-10(17)18/h2-5,7H,6H2,1H3,(H,17,18). The van der Waals surface area contributed by atoms with E-state index >= 15 is 0 Å². The van der Waals surface area contributed by atoms with E-state index in [2.05, 4.69) is 4.98 Å². The molecule has 0 unspecified atom stereocenters. The van der Waals surface area contributed by atoms with Crippen molar-refractivity contribution < 1.29 is 14.3 Å². The van der Waals surface area contributed by atoms with Crippen molar-refractivity contribution in [1.82, 2.24) is 9.55 Å². The number of rotatable bonds is 3. The van der Waals surface area contributed by atoms with Crippen molar-refractivity contribution in [2.24, 2.45) is 0 Å². The second-order valence-electron chi connectivity index (χ2n) is 4.10. The number of aromatic nitrogens is 2. The Kier molecular flexibility index (Phi) is 3.41. The summed E-state index contributed by atoms with van der Waals surface area (Å²) in [5.74, 6) is -2.28.